The number of aliphatic hydroxyl groups is 3. The molecule has 70 heavy (non-hydrogen) atoms. The Balaban J connectivity index is 0.000000453. The van der Waals surface area contributed by atoms with Crippen LogP contribution in [0.4, 0.5) is 10.5 Å². The minimum atomic E-state index is -1.86. The summed E-state index contributed by atoms with van der Waals surface area (Å²) in [4.78, 5) is 40.1. The molecular formula is C49H75I3N2O16. The summed E-state index contributed by atoms with van der Waals surface area (Å²) in [6, 6.07) is 1.68. The third kappa shape index (κ3) is 12.1. The van der Waals surface area contributed by atoms with Crippen LogP contribution in [0.15, 0.2) is 11.6 Å². The average molecular weight is 1330 g/mol. The molecule has 5 aliphatic heterocycles. The van der Waals surface area contributed by atoms with E-state index in [2.05, 4.69) is 67.8 Å². The lowest BCUT2D eigenvalue weighted by Crippen LogP contribution is -2.60. The van der Waals surface area contributed by atoms with Crippen LogP contribution >= 0.6 is 67.8 Å². The first kappa shape index (κ1) is 59.6. The van der Waals surface area contributed by atoms with Crippen molar-refractivity contribution in [2.24, 2.45) is 23.7 Å². The largest absolute Gasteiger partial charge is 0.509 e. The van der Waals surface area contributed by atoms with Crippen molar-refractivity contribution in [1.29, 1.82) is 0 Å². The van der Waals surface area contributed by atoms with Crippen molar-refractivity contribution in [1.82, 2.24) is 4.90 Å². The molecule has 0 spiro atoms. The van der Waals surface area contributed by atoms with Crippen LogP contribution in [-0.4, -0.2) is 155 Å². The lowest BCUT2D eigenvalue weighted by molar-refractivity contribution is -0.337. The minimum Gasteiger partial charge on any atom is -0.478 e. The van der Waals surface area contributed by atoms with E-state index in [4.69, 9.17) is 53.5 Å². The summed E-state index contributed by atoms with van der Waals surface area (Å²) in [5, 5.41) is 44.2. The number of methoxy groups -OCH3 is 1. The molecule has 0 aliphatic carbocycles. The van der Waals surface area contributed by atoms with E-state index in [0.29, 0.717) is 24.1 Å². The van der Waals surface area contributed by atoms with Gasteiger partial charge in [-0.3, -0.25) is 4.79 Å². The SMILES string of the molecule is CC/C(=C\c1c(I)cc(I)c(N)c1I)C(=O)O.CCC1OC(=O)C(C)C(OC2CC(C)(OC)C(O)C(C)O2)C(C)C(OC2OC(C)CC(N(C)C)C2O)C2(C)CC(C)C(O)(O2)C(C)C2OC(=O)OC12C. The molecule has 18 nitrogen and oxygen atoms in total. The summed E-state index contributed by atoms with van der Waals surface area (Å²) < 4.78 is 59.4. The highest BCUT2D eigenvalue weighted by Crippen LogP contribution is 2.53. The Hall–Kier alpha value is -1.24. The molecule has 19 unspecified atom stereocenters. The fourth-order valence-electron chi connectivity index (χ4n) is 11.0. The van der Waals surface area contributed by atoms with Gasteiger partial charge in [0.1, 0.15) is 18.3 Å². The number of fused-ring (bicyclic) bond motifs is 3. The molecule has 0 saturated carbocycles. The number of carbonyl (C=O) groups is 3. The maximum absolute atomic E-state index is 14.4. The van der Waals surface area contributed by atoms with Gasteiger partial charge in [0, 0.05) is 53.3 Å². The third-order valence-corrected chi connectivity index (χ3v) is 18.2. The van der Waals surface area contributed by atoms with E-state index in [9.17, 15) is 29.7 Å². The zero-order valence-corrected chi connectivity index (χ0v) is 49.2. The Morgan fingerprint density at radius 3 is 2.19 bits per heavy atom. The van der Waals surface area contributed by atoms with Gasteiger partial charge >= 0.3 is 18.1 Å². The Morgan fingerprint density at radius 1 is 0.971 bits per heavy atom. The fraction of sp³-hybridized carbons (Fsp3) is 0.776. The number of benzene rings is 1. The second kappa shape index (κ2) is 23.3. The number of nitrogens with two attached hydrogens (primary N) is 1. The molecule has 1 aromatic rings. The van der Waals surface area contributed by atoms with Crippen molar-refractivity contribution >= 4 is 97.6 Å². The predicted octanol–water partition coefficient (Wildman–Crippen LogP) is 7.09. The highest BCUT2D eigenvalue weighted by molar-refractivity contribution is 14.1. The average Bonchev–Trinajstić information content (AvgIpc) is 3.74. The van der Waals surface area contributed by atoms with E-state index in [1.807, 2.05) is 66.6 Å². The first-order valence-corrected chi connectivity index (χ1v) is 27.3. The summed E-state index contributed by atoms with van der Waals surface area (Å²) in [5.74, 6) is -6.38. The fourth-order valence-corrected chi connectivity index (χ4v) is 14.7. The molecule has 1 aromatic carbocycles. The lowest BCUT2D eigenvalue weighted by atomic mass is 9.75. The number of carbonyl (C=O) groups excluding carboxylic acids is 2. The van der Waals surface area contributed by atoms with E-state index in [1.165, 1.54) is 7.11 Å². The van der Waals surface area contributed by atoms with Gasteiger partial charge in [-0.15, -0.1) is 0 Å². The van der Waals surface area contributed by atoms with Crippen molar-refractivity contribution in [3.8, 4) is 0 Å². The molecule has 0 amide bonds. The first-order valence-electron chi connectivity index (χ1n) is 24.0. The lowest BCUT2D eigenvalue weighted by Gasteiger charge is -2.49. The number of hydrogen-bond acceptors (Lipinski definition) is 17. The van der Waals surface area contributed by atoms with E-state index in [-0.39, 0.29) is 31.4 Å². The van der Waals surface area contributed by atoms with Crippen molar-refractivity contribution in [3.63, 3.8) is 0 Å². The Morgan fingerprint density at radius 2 is 1.61 bits per heavy atom. The number of rotatable bonds is 10. The maximum Gasteiger partial charge on any atom is 0.509 e. The van der Waals surface area contributed by atoms with Crippen molar-refractivity contribution in [2.45, 2.75) is 198 Å². The van der Waals surface area contributed by atoms with E-state index < -0.39 is 120 Å². The van der Waals surface area contributed by atoms with Gasteiger partial charge in [0.2, 0.25) is 0 Å². The summed E-state index contributed by atoms with van der Waals surface area (Å²) in [7, 11) is 5.29. The molecule has 398 valence electrons. The summed E-state index contributed by atoms with van der Waals surface area (Å²) >= 11 is 6.53. The molecule has 6 N–H and O–H groups in total. The highest BCUT2D eigenvalue weighted by atomic mass is 127. The number of ether oxygens (including phenoxy) is 9. The van der Waals surface area contributed by atoms with E-state index >= 15 is 0 Å². The van der Waals surface area contributed by atoms with Crippen LogP contribution in [0.2, 0.25) is 0 Å². The molecular weight excluding hydrogens is 1250 g/mol. The number of halogens is 3. The number of likely N-dealkylation sites (N-methyl/N-ethyl adjacent to an activating group) is 1. The number of carboxylic acid groups (broad SMARTS) is 1. The number of carboxylic acids is 1. The molecule has 19 atom stereocenters. The number of hydrogen-bond donors (Lipinski definition) is 5. The Kier molecular flexibility index (Phi) is 19.9. The monoisotopic (exact) mass is 1330 g/mol. The van der Waals surface area contributed by atoms with Gasteiger partial charge < -0.3 is 73.7 Å². The zero-order valence-electron chi connectivity index (χ0n) is 42.7. The number of cyclic esters (lactones) is 1. The van der Waals surface area contributed by atoms with Crippen LogP contribution < -0.4 is 5.73 Å². The van der Waals surface area contributed by atoms with Crippen LogP contribution in [0.5, 0.6) is 0 Å². The Bertz CT molecular complexity index is 2090. The molecule has 5 heterocycles. The molecule has 0 radical (unpaired) electrons. The van der Waals surface area contributed by atoms with Gasteiger partial charge in [0.15, 0.2) is 30.1 Å². The molecule has 5 aliphatic rings. The van der Waals surface area contributed by atoms with Crippen LogP contribution in [0.25, 0.3) is 6.08 Å². The zero-order chi connectivity index (χ0) is 52.7. The number of nitrogen functional groups attached to an aromatic ring is 1. The number of aliphatic hydroxyl groups excluding tert-OH is 2. The molecule has 5 fully saturated rings. The Labute approximate surface area is 453 Å². The second-order valence-corrected chi connectivity index (χ2v) is 24.0. The van der Waals surface area contributed by atoms with Crippen LogP contribution in [0.1, 0.15) is 114 Å². The van der Waals surface area contributed by atoms with Gasteiger partial charge in [-0.05, 0) is 161 Å². The van der Waals surface area contributed by atoms with Gasteiger partial charge in [-0.2, -0.15) is 0 Å². The normalized spacial score (nSPS) is 42.5. The summed E-state index contributed by atoms with van der Waals surface area (Å²) in [6.07, 6.45) is -6.36. The minimum absolute atomic E-state index is 0.144. The second-order valence-electron chi connectivity index (χ2n) is 20.6. The third-order valence-electron chi connectivity index (χ3n) is 15.3. The smallest absolute Gasteiger partial charge is 0.478 e. The van der Waals surface area contributed by atoms with Crippen molar-refractivity contribution < 1.29 is 77.4 Å². The molecule has 2 bridgehead atoms. The molecule has 5 saturated heterocycles. The highest BCUT2D eigenvalue weighted by Gasteiger charge is 2.67. The number of nitrogens with zero attached hydrogens (tertiary/aromatic N) is 1. The van der Waals surface area contributed by atoms with E-state index in [0.717, 1.165) is 16.3 Å². The van der Waals surface area contributed by atoms with E-state index in [1.54, 1.807) is 40.7 Å². The van der Waals surface area contributed by atoms with Crippen LogP contribution in [0, 0.1) is 34.4 Å². The van der Waals surface area contributed by atoms with Gasteiger partial charge in [0.05, 0.1) is 53.1 Å². The number of anilines is 1. The van der Waals surface area contributed by atoms with Gasteiger partial charge in [-0.1, -0.05) is 34.6 Å². The quantitative estimate of drug-likeness (QED) is 0.0680. The van der Waals surface area contributed by atoms with Crippen LogP contribution in [0.3, 0.4) is 0 Å². The van der Waals surface area contributed by atoms with Gasteiger partial charge in [0.25, 0.3) is 0 Å². The standard InChI is InChI=1S/C38H65NO14.C11H10I3NO2/c1-14-25-37(10)31(51-34(43)52-37)22(6)38(44)18(2)16-36(9,53-38)30(50-33-27(40)24(39(11)12)15-19(3)46-33)20(4)28(21(5)32(42)48-25)49-26-17-35(8,45-13)29(41)23(7)47-26;1-2-5(11(16)17)3-6-7(12)4-8(13)10(15)9(6)14/h18-31,33,40-41,44H,14-17H2,1-13H3;3-4H,2,15H2,1H3,(H,16,17)/b;5-3+. The number of aliphatic carboxylic acids is 1. The molecule has 0 aromatic heterocycles. The maximum atomic E-state index is 14.4. The van der Waals surface area contributed by atoms with Crippen molar-refractivity contribution in [2.75, 3.05) is 26.9 Å². The van der Waals surface area contributed by atoms with Crippen LogP contribution in [-0.2, 0) is 52.2 Å². The number of esters is 1. The van der Waals surface area contributed by atoms with Crippen molar-refractivity contribution in [3.05, 3.63) is 27.9 Å². The van der Waals surface area contributed by atoms with Gasteiger partial charge in [-0.25, -0.2) is 9.59 Å². The summed E-state index contributed by atoms with van der Waals surface area (Å²) in [6.45, 7) is 19.7. The molecule has 6 rings (SSSR count). The molecule has 21 heteroatoms. The predicted molar refractivity (Wildman–Crippen MR) is 283 cm³/mol. The topological polar surface area (TPSA) is 244 Å². The summed E-state index contributed by atoms with van der Waals surface area (Å²) in [5.41, 5.74) is 4.19. The first-order chi connectivity index (χ1) is 32.4.